The summed E-state index contributed by atoms with van der Waals surface area (Å²) in [5, 5.41) is 8.99. The quantitative estimate of drug-likeness (QED) is 0.730. The highest BCUT2D eigenvalue weighted by Crippen LogP contribution is 2.29. The maximum absolute atomic E-state index is 11.5. The third-order valence-corrected chi connectivity index (χ3v) is 4.97. The average molecular weight is 231 g/mol. The van der Waals surface area contributed by atoms with Crippen molar-refractivity contribution in [3.8, 4) is 6.07 Å². The maximum atomic E-state index is 11.5. The van der Waals surface area contributed by atoms with Crippen LogP contribution >= 0.6 is 0 Å². The molecule has 1 fully saturated rings. The van der Waals surface area contributed by atoms with Gasteiger partial charge in [-0.1, -0.05) is 0 Å². The van der Waals surface area contributed by atoms with Crippen molar-refractivity contribution in [2.75, 3.05) is 19.5 Å². The summed E-state index contributed by atoms with van der Waals surface area (Å²) >= 11 is 0. The Bertz CT molecular complexity index is 351. The molecule has 1 saturated heterocycles. The molecule has 1 unspecified atom stereocenters. The molecule has 1 atom stereocenters. The first-order valence-corrected chi connectivity index (χ1v) is 6.97. The third-order valence-electron chi connectivity index (χ3n) is 3.07. The van der Waals surface area contributed by atoms with Gasteiger partial charge in [0.15, 0.2) is 14.6 Å². The molecule has 0 aliphatic carbocycles. The van der Waals surface area contributed by atoms with Gasteiger partial charge >= 0.3 is 0 Å². The predicted octanol–water partition coefficient (Wildman–Crippen LogP) is 1.13. The summed E-state index contributed by atoms with van der Waals surface area (Å²) < 4.78 is 27.0. The van der Waals surface area contributed by atoms with Crippen LogP contribution in [0, 0.1) is 17.2 Å². The van der Waals surface area contributed by atoms with E-state index in [1.165, 1.54) is 6.92 Å². The Morgan fingerprint density at radius 1 is 1.47 bits per heavy atom. The van der Waals surface area contributed by atoms with E-state index in [0.29, 0.717) is 19.6 Å². The van der Waals surface area contributed by atoms with Gasteiger partial charge in [0, 0.05) is 19.5 Å². The fourth-order valence-corrected chi connectivity index (χ4v) is 2.49. The summed E-state index contributed by atoms with van der Waals surface area (Å²) in [6.07, 6.45) is 3.26. The SMILES string of the molecule is CC(C#N)(CC1CCOCC1)S(C)(=O)=O. The molecular weight excluding hydrogens is 214 g/mol. The van der Waals surface area contributed by atoms with Crippen molar-refractivity contribution in [1.29, 1.82) is 5.26 Å². The van der Waals surface area contributed by atoms with Crippen molar-refractivity contribution in [3.63, 3.8) is 0 Å². The van der Waals surface area contributed by atoms with Crippen molar-refractivity contribution in [3.05, 3.63) is 0 Å². The van der Waals surface area contributed by atoms with E-state index in [-0.39, 0.29) is 5.92 Å². The Hall–Kier alpha value is -0.600. The molecule has 0 amide bonds. The number of sulfone groups is 1. The summed E-state index contributed by atoms with van der Waals surface area (Å²) in [5.41, 5.74) is 0. The standard InChI is InChI=1S/C10H17NO3S/c1-10(8-11,15(2,12)13)7-9-3-5-14-6-4-9/h9H,3-7H2,1-2H3. The second-order valence-electron chi connectivity index (χ2n) is 4.37. The van der Waals surface area contributed by atoms with Gasteiger partial charge in [0.1, 0.15) is 0 Å². The summed E-state index contributed by atoms with van der Waals surface area (Å²) in [6.45, 7) is 2.86. The number of hydrogen-bond donors (Lipinski definition) is 0. The van der Waals surface area contributed by atoms with Crippen LogP contribution in [0.15, 0.2) is 0 Å². The predicted molar refractivity (Wildman–Crippen MR) is 57.0 cm³/mol. The minimum Gasteiger partial charge on any atom is -0.381 e. The Labute approximate surface area is 91.1 Å². The normalized spacial score (nSPS) is 23.0. The second kappa shape index (κ2) is 4.50. The van der Waals surface area contributed by atoms with Crippen LogP contribution in [-0.4, -0.2) is 32.6 Å². The smallest absolute Gasteiger partial charge is 0.166 e. The fourth-order valence-electron chi connectivity index (χ4n) is 1.78. The van der Waals surface area contributed by atoms with E-state index in [1.807, 2.05) is 6.07 Å². The second-order valence-corrected chi connectivity index (χ2v) is 6.82. The van der Waals surface area contributed by atoms with Crippen LogP contribution < -0.4 is 0 Å². The molecule has 86 valence electrons. The van der Waals surface area contributed by atoms with Crippen LogP contribution in [0.5, 0.6) is 0 Å². The van der Waals surface area contributed by atoms with Gasteiger partial charge in [-0.05, 0) is 32.1 Å². The minimum atomic E-state index is -3.32. The van der Waals surface area contributed by atoms with E-state index < -0.39 is 14.6 Å². The zero-order valence-electron chi connectivity index (χ0n) is 9.19. The molecule has 0 aromatic carbocycles. The zero-order chi connectivity index (χ0) is 11.5. The van der Waals surface area contributed by atoms with Crippen molar-refractivity contribution < 1.29 is 13.2 Å². The molecule has 1 heterocycles. The maximum Gasteiger partial charge on any atom is 0.166 e. The lowest BCUT2D eigenvalue weighted by molar-refractivity contribution is 0.0623. The summed E-state index contributed by atoms with van der Waals surface area (Å²) in [6, 6.07) is 1.94. The van der Waals surface area contributed by atoms with Gasteiger partial charge in [0.25, 0.3) is 0 Å². The Balaban J connectivity index is 2.73. The summed E-state index contributed by atoms with van der Waals surface area (Å²) in [7, 11) is -3.32. The molecule has 0 saturated carbocycles. The number of nitrogens with zero attached hydrogens (tertiary/aromatic N) is 1. The highest BCUT2D eigenvalue weighted by Gasteiger charge is 2.38. The highest BCUT2D eigenvalue weighted by atomic mass is 32.2. The van der Waals surface area contributed by atoms with Gasteiger partial charge in [-0.25, -0.2) is 8.42 Å². The molecule has 0 radical (unpaired) electrons. The zero-order valence-corrected chi connectivity index (χ0v) is 10.0. The molecule has 1 aliphatic rings. The number of ether oxygens (including phenoxy) is 1. The molecule has 15 heavy (non-hydrogen) atoms. The lowest BCUT2D eigenvalue weighted by Gasteiger charge is -2.28. The molecule has 4 nitrogen and oxygen atoms in total. The van der Waals surface area contributed by atoms with E-state index in [2.05, 4.69) is 0 Å². The van der Waals surface area contributed by atoms with Crippen molar-refractivity contribution >= 4 is 9.84 Å². The van der Waals surface area contributed by atoms with Gasteiger partial charge in [0.2, 0.25) is 0 Å². The molecule has 0 spiro atoms. The van der Waals surface area contributed by atoms with Gasteiger partial charge in [-0.15, -0.1) is 0 Å². The molecular formula is C10H17NO3S. The van der Waals surface area contributed by atoms with E-state index in [9.17, 15) is 8.42 Å². The van der Waals surface area contributed by atoms with E-state index in [0.717, 1.165) is 19.1 Å². The summed E-state index contributed by atoms with van der Waals surface area (Å²) in [4.78, 5) is 0. The summed E-state index contributed by atoms with van der Waals surface area (Å²) in [5.74, 6) is 0.290. The molecule has 5 heteroatoms. The number of hydrogen-bond acceptors (Lipinski definition) is 4. The first-order valence-electron chi connectivity index (χ1n) is 5.07. The van der Waals surface area contributed by atoms with Crippen LogP contribution in [0.25, 0.3) is 0 Å². The van der Waals surface area contributed by atoms with Crippen molar-refractivity contribution in [2.45, 2.75) is 30.9 Å². The van der Waals surface area contributed by atoms with Crippen molar-refractivity contribution in [2.24, 2.45) is 5.92 Å². The molecule has 1 rings (SSSR count). The molecule has 0 aromatic rings. The fraction of sp³-hybridized carbons (Fsp3) is 0.900. The third kappa shape index (κ3) is 2.93. The van der Waals surface area contributed by atoms with Gasteiger partial charge < -0.3 is 4.74 Å². The van der Waals surface area contributed by atoms with Gasteiger partial charge in [0.05, 0.1) is 6.07 Å². The van der Waals surface area contributed by atoms with Crippen LogP contribution in [0.1, 0.15) is 26.2 Å². The average Bonchev–Trinajstić information content (AvgIpc) is 2.17. The largest absolute Gasteiger partial charge is 0.381 e. The minimum absolute atomic E-state index is 0.290. The molecule has 0 bridgehead atoms. The monoisotopic (exact) mass is 231 g/mol. The first kappa shape index (κ1) is 12.5. The van der Waals surface area contributed by atoms with Crippen LogP contribution in [0.2, 0.25) is 0 Å². The lowest BCUT2D eigenvalue weighted by Crippen LogP contribution is -2.36. The van der Waals surface area contributed by atoms with Gasteiger partial charge in [-0.3, -0.25) is 0 Å². The van der Waals surface area contributed by atoms with E-state index in [1.54, 1.807) is 0 Å². The topological polar surface area (TPSA) is 67.2 Å². The molecule has 0 aromatic heterocycles. The highest BCUT2D eigenvalue weighted by molar-refractivity contribution is 7.92. The van der Waals surface area contributed by atoms with Crippen molar-refractivity contribution in [1.82, 2.24) is 0 Å². The number of nitriles is 1. The lowest BCUT2D eigenvalue weighted by atomic mass is 9.90. The Morgan fingerprint density at radius 2 is 2.00 bits per heavy atom. The number of rotatable bonds is 3. The Morgan fingerprint density at radius 3 is 2.40 bits per heavy atom. The van der Waals surface area contributed by atoms with Crippen LogP contribution in [0.3, 0.4) is 0 Å². The van der Waals surface area contributed by atoms with Gasteiger partial charge in [-0.2, -0.15) is 5.26 Å². The van der Waals surface area contributed by atoms with E-state index in [4.69, 9.17) is 10.00 Å². The molecule has 1 aliphatic heterocycles. The Kier molecular flexibility index (Phi) is 3.74. The van der Waals surface area contributed by atoms with E-state index >= 15 is 0 Å². The van der Waals surface area contributed by atoms with Crippen LogP contribution in [-0.2, 0) is 14.6 Å². The molecule has 0 N–H and O–H groups in total. The first-order chi connectivity index (χ1) is 6.89. The van der Waals surface area contributed by atoms with Crippen LogP contribution in [0.4, 0.5) is 0 Å².